The lowest BCUT2D eigenvalue weighted by Gasteiger charge is -2.23. The van der Waals surface area contributed by atoms with Gasteiger partial charge >= 0.3 is 0 Å². The number of benzene rings is 2. The first-order valence-electron chi connectivity index (χ1n) is 11.4. The highest BCUT2D eigenvalue weighted by atomic mass is 32.2. The molecule has 2 aromatic carbocycles. The molecule has 1 N–H and O–H groups in total. The SMILES string of the molecule is CN(c1ccccc1C(=O)N1CCc2cc(S(=O)(=O)CCCCCCCO)ccc21)S(C)(=O)=O. The summed E-state index contributed by atoms with van der Waals surface area (Å²) < 4.78 is 50.7. The van der Waals surface area contributed by atoms with E-state index in [1.165, 1.54) is 7.05 Å². The Hall–Kier alpha value is -2.43. The summed E-state index contributed by atoms with van der Waals surface area (Å²) in [5.41, 5.74) is 1.99. The molecule has 0 spiro atoms. The molecule has 186 valence electrons. The molecule has 1 aliphatic rings. The third kappa shape index (κ3) is 5.97. The van der Waals surface area contributed by atoms with Crippen molar-refractivity contribution in [3.8, 4) is 0 Å². The molecule has 0 fully saturated rings. The van der Waals surface area contributed by atoms with Crippen molar-refractivity contribution in [2.45, 2.75) is 43.4 Å². The average molecular weight is 509 g/mol. The molecule has 34 heavy (non-hydrogen) atoms. The number of unbranched alkanes of at least 4 members (excludes halogenated alkanes) is 4. The van der Waals surface area contributed by atoms with Gasteiger partial charge in [0.15, 0.2) is 9.84 Å². The second-order valence-electron chi connectivity index (χ2n) is 8.56. The minimum atomic E-state index is -3.55. The highest BCUT2D eigenvalue weighted by Gasteiger charge is 2.30. The molecule has 0 saturated heterocycles. The minimum absolute atomic E-state index is 0.0682. The second-order valence-corrected chi connectivity index (χ2v) is 12.7. The van der Waals surface area contributed by atoms with Crippen LogP contribution in [0.15, 0.2) is 47.4 Å². The van der Waals surface area contributed by atoms with Crippen LogP contribution in [-0.2, 0) is 26.3 Å². The molecule has 0 aromatic heterocycles. The van der Waals surface area contributed by atoms with Crippen LogP contribution in [0.5, 0.6) is 0 Å². The zero-order valence-corrected chi connectivity index (χ0v) is 21.2. The number of sulfonamides is 1. The molecule has 10 heteroatoms. The van der Waals surface area contributed by atoms with Gasteiger partial charge in [0.2, 0.25) is 10.0 Å². The van der Waals surface area contributed by atoms with Gasteiger partial charge in [0.05, 0.1) is 28.2 Å². The Labute approximate surface area is 202 Å². The molecule has 1 aliphatic heterocycles. The molecule has 0 saturated carbocycles. The fourth-order valence-electron chi connectivity index (χ4n) is 4.09. The number of nitrogens with zero attached hydrogens (tertiary/aromatic N) is 2. The van der Waals surface area contributed by atoms with E-state index < -0.39 is 19.9 Å². The summed E-state index contributed by atoms with van der Waals surface area (Å²) in [6, 6.07) is 11.4. The molecule has 0 atom stereocenters. The topological polar surface area (TPSA) is 112 Å². The number of carbonyl (C=O) groups is 1. The largest absolute Gasteiger partial charge is 0.396 e. The van der Waals surface area contributed by atoms with Crippen LogP contribution >= 0.6 is 0 Å². The number of hydrogen-bond acceptors (Lipinski definition) is 6. The Morgan fingerprint density at radius 2 is 1.68 bits per heavy atom. The summed E-state index contributed by atoms with van der Waals surface area (Å²) in [6.07, 6.45) is 5.50. The number of anilines is 2. The van der Waals surface area contributed by atoms with E-state index in [0.29, 0.717) is 30.8 Å². The number of sulfone groups is 1. The smallest absolute Gasteiger partial charge is 0.260 e. The van der Waals surface area contributed by atoms with Gasteiger partial charge in [0, 0.05) is 25.9 Å². The lowest BCUT2D eigenvalue weighted by molar-refractivity contribution is 0.0990. The Morgan fingerprint density at radius 1 is 1.00 bits per heavy atom. The van der Waals surface area contributed by atoms with E-state index in [4.69, 9.17) is 5.11 Å². The fourth-order valence-corrected chi connectivity index (χ4v) is 6.02. The van der Waals surface area contributed by atoms with Crippen LogP contribution in [0.2, 0.25) is 0 Å². The predicted octanol–water partition coefficient (Wildman–Crippen LogP) is 3.00. The molecule has 0 unspecified atom stereocenters. The third-order valence-corrected chi connectivity index (χ3v) is 9.08. The van der Waals surface area contributed by atoms with Crippen molar-refractivity contribution in [1.82, 2.24) is 0 Å². The fraction of sp³-hybridized carbons (Fsp3) is 0.458. The Morgan fingerprint density at radius 3 is 2.38 bits per heavy atom. The summed E-state index contributed by atoms with van der Waals surface area (Å²) in [6.45, 7) is 0.548. The van der Waals surface area contributed by atoms with Crippen molar-refractivity contribution < 1.29 is 26.7 Å². The van der Waals surface area contributed by atoms with Gasteiger partial charge in [0.25, 0.3) is 5.91 Å². The molecule has 1 heterocycles. The average Bonchev–Trinajstić information content (AvgIpc) is 3.23. The van der Waals surface area contributed by atoms with Crippen molar-refractivity contribution in [3.63, 3.8) is 0 Å². The first-order chi connectivity index (χ1) is 16.1. The van der Waals surface area contributed by atoms with Crippen molar-refractivity contribution >= 4 is 37.1 Å². The first-order valence-corrected chi connectivity index (χ1v) is 14.9. The monoisotopic (exact) mass is 508 g/mol. The van der Waals surface area contributed by atoms with Crippen LogP contribution in [0, 0.1) is 0 Å². The highest BCUT2D eigenvalue weighted by molar-refractivity contribution is 7.92. The van der Waals surface area contributed by atoms with Gasteiger partial charge in [-0.05, 0) is 55.2 Å². The maximum absolute atomic E-state index is 13.4. The molecular formula is C24H32N2O6S2. The molecule has 3 rings (SSSR count). The molecular weight excluding hydrogens is 476 g/mol. The van der Waals surface area contributed by atoms with E-state index in [1.807, 2.05) is 0 Å². The van der Waals surface area contributed by atoms with E-state index in [1.54, 1.807) is 47.4 Å². The van der Waals surface area contributed by atoms with Gasteiger partial charge in [-0.3, -0.25) is 9.10 Å². The Balaban J connectivity index is 1.77. The number of amides is 1. The van der Waals surface area contributed by atoms with E-state index in [0.717, 1.165) is 41.8 Å². The van der Waals surface area contributed by atoms with E-state index >= 15 is 0 Å². The van der Waals surface area contributed by atoms with Crippen LogP contribution in [0.4, 0.5) is 11.4 Å². The minimum Gasteiger partial charge on any atom is -0.396 e. The lowest BCUT2D eigenvalue weighted by Crippen LogP contribution is -2.32. The van der Waals surface area contributed by atoms with Crippen LogP contribution in [0.25, 0.3) is 0 Å². The van der Waals surface area contributed by atoms with E-state index in [-0.39, 0.29) is 28.7 Å². The van der Waals surface area contributed by atoms with Crippen molar-refractivity contribution in [3.05, 3.63) is 53.6 Å². The number of aliphatic hydroxyl groups excluding tert-OH is 1. The maximum atomic E-state index is 13.4. The summed E-state index contributed by atoms with van der Waals surface area (Å²) in [7, 11) is -5.57. The quantitative estimate of drug-likeness (QED) is 0.467. The van der Waals surface area contributed by atoms with Crippen molar-refractivity contribution in [2.75, 3.05) is 41.4 Å². The number of rotatable bonds is 11. The highest BCUT2D eigenvalue weighted by Crippen LogP contribution is 2.33. The predicted molar refractivity (Wildman–Crippen MR) is 134 cm³/mol. The molecule has 0 bridgehead atoms. The second kappa shape index (κ2) is 10.9. The third-order valence-electron chi connectivity index (χ3n) is 6.09. The van der Waals surface area contributed by atoms with E-state index in [2.05, 4.69) is 0 Å². The van der Waals surface area contributed by atoms with Crippen LogP contribution < -0.4 is 9.21 Å². The van der Waals surface area contributed by atoms with Gasteiger partial charge < -0.3 is 10.0 Å². The summed E-state index contributed by atoms with van der Waals surface area (Å²) in [4.78, 5) is 15.2. The van der Waals surface area contributed by atoms with Crippen molar-refractivity contribution in [2.24, 2.45) is 0 Å². The standard InChI is InChI=1S/C24H32N2O6S2/c1-25(33(2,29)30)23-11-7-6-10-21(23)24(28)26-15-14-19-18-20(12-13-22(19)26)34(31,32)17-9-5-3-4-8-16-27/h6-7,10-13,18,27H,3-5,8-9,14-17H2,1-2H3. The molecule has 0 aliphatic carbocycles. The number of carbonyl (C=O) groups excluding carboxylic acids is 1. The van der Waals surface area contributed by atoms with Crippen molar-refractivity contribution in [1.29, 1.82) is 0 Å². The zero-order valence-electron chi connectivity index (χ0n) is 19.6. The maximum Gasteiger partial charge on any atom is 0.260 e. The molecule has 8 nitrogen and oxygen atoms in total. The van der Waals surface area contributed by atoms with Gasteiger partial charge in [-0.1, -0.05) is 31.4 Å². The zero-order chi connectivity index (χ0) is 24.9. The normalized spacial score (nSPS) is 13.7. The molecule has 2 aromatic rings. The van der Waals surface area contributed by atoms with Gasteiger partial charge in [-0.25, -0.2) is 16.8 Å². The summed E-state index contributed by atoms with van der Waals surface area (Å²) in [5.74, 6) is -0.262. The molecule has 1 amide bonds. The Kier molecular flexibility index (Phi) is 8.38. The number of hydrogen-bond donors (Lipinski definition) is 1. The van der Waals surface area contributed by atoms with Gasteiger partial charge in [-0.15, -0.1) is 0 Å². The summed E-state index contributed by atoms with van der Waals surface area (Å²) >= 11 is 0. The number of para-hydroxylation sites is 1. The van der Waals surface area contributed by atoms with Crippen LogP contribution in [0.1, 0.15) is 48.0 Å². The Bertz CT molecular complexity index is 1240. The summed E-state index contributed by atoms with van der Waals surface area (Å²) in [5, 5.41) is 8.82. The van der Waals surface area contributed by atoms with Crippen LogP contribution in [0.3, 0.4) is 0 Å². The van der Waals surface area contributed by atoms with Gasteiger partial charge in [-0.2, -0.15) is 0 Å². The van der Waals surface area contributed by atoms with Crippen LogP contribution in [-0.4, -0.2) is 60.1 Å². The first kappa shape index (κ1) is 26.2. The number of fused-ring (bicyclic) bond motifs is 1. The lowest BCUT2D eigenvalue weighted by atomic mass is 10.1. The number of aliphatic hydroxyl groups is 1. The van der Waals surface area contributed by atoms with Gasteiger partial charge in [0.1, 0.15) is 0 Å². The van der Waals surface area contributed by atoms with E-state index in [9.17, 15) is 21.6 Å². The molecule has 0 radical (unpaired) electrons.